The number of nitrogens with one attached hydrogen (secondary N) is 1. The maximum Gasteiger partial charge on any atom is 0.137 e. The lowest BCUT2D eigenvalue weighted by atomic mass is 10.2. The second-order valence-corrected chi connectivity index (χ2v) is 5.71. The smallest absolute Gasteiger partial charge is 0.137 e. The number of hydrogen-bond donors (Lipinski definition) is 1. The maximum absolute atomic E-state index is 13.8. The Kier molecular flexibility index (Phi) is 6.60. The molecule has 1 rings (SSSR count). The summed E-state index contributed by atoms with van der Waals surface area (Å²) in [4.78, 5) is 0.762. The molecule has 0 atom stereocenters. The molecule has 0 heterocycles. The van der Waals surface area contributed by atoms with E-state index >= 15 is 0 Å². The van der Waals surface area contributed by atoms with Gasteiger partial charge in [0, 0.05) is 17.2 Å². The summed E-state index contributed by atoms with van der Waals surface area (Å²) in [5.74, 6) is 1.46. The molecule has 1 nitrogen and oxygen atoms in total. The van der Waals surface area contributed by atoms with Gasteiger partial charge in [0.15, 0.2) is 0 Å². The zero-order valence-corrected chi connectivity index (χ0v) is 11.7. The van der Waals surface area contributed by atoms with Crippen LogP contribution >= 0.6 is 11.8 Å². The number of rotatable bonds is 7. The molecule has 0 fully saturated rings. The fourth-order valence-corrected chi connectivity index (χ4v) is 2.31. The van der Waals surface area contributed by atoms with Gasteiger partial charge < -0.3 is 5.32 Å². The summed E-state index contributed by atoms with van der Waals surface area (Å²) in [7, 11) is 0. The summed E-state index contributed by atoms with van der Waals surface area (Å²) in [6.07, 6.45) is 1.10. The van der Waals surface area contributed by atoms with Crippen molar-refractivity contribution in [1.82, 2.24) is 5.32 Å². The normalized spacial score (nSPS) is 11.1. The lowest BCUT2D eigenvalue weighted by Gasteiger charge is -2.08. The molecule has 0 saturated carbocycles. The highest BCUT2D eigenvalue weighted by atomic mass is 32.2. The van der Waals surface area contributed by atoms with Crippen LogP contribution in [0.15, 0.2) is 23.1 Å². The highest BCUT2D eigenvalue weighted by Gasteiger charge is 2.05. The van der Waals surface area contributed by atoms with Crippen molar-refractivity contribution in [1.29, 1.82) is 0 Å². The largest absolute Gasteiger partial charge is 0.313 e. The molecular weight excluding hydrogens is 233 g/mol. The second-order valence-electron chi connectivity index (χ2n) is 4.65. The molecule has 0 aliphatic rings. The first kappa shape index (κ1) is 14.5. The highest BCUT2D eigenvalue weighted by molar-refractivity contribution is 7.99. The molecular formula is C14H22FNS. The van der Waals surface area contributed by atoms with Crippen LogP contribution in [0, 0.1) is 11.7 Å². The summed E-state index contributed by atoms with van der Waals surface area (Å²) in [5, 5.41) is 3.27. The van der Waals surface area contributed by atoms with Crippen molar-refractivity contribution in [2.75, 3.05) is 12.3 Å². The van der Waals surface area contributed by atoms with Crippen molar-refractivity contribution in [3.63, 3.8) is 0 Å². The summed E-state index contributed by atoms with van der Waals surface area (Å²) in [5.41, 5.74) is 1.02. The fraction of sp³-hybridized carbons (Fsp3) is 0.571. The monoisotopic (exact) mass is 255 g/mol. The third-order valence-corrected chi connectivity index (χ3v) is 3.80. The minimum Gasteiger partial charge on any atom is -0.313 e. The Labute approximate surface area is 108 Å². The number of halogens is 1. The van der Waals surface area contributed by atoms with Gasteiger partial charge in [0.2, 0.25) is 0 Å². The van der Waals surface area contributed by atoms with Crippen molar-refractivity contribution < 1.29 is 4.39 Å². The summed E-state index contributed by atoms with van der Waals surface area (Å²) >= 11 is 1.60. The van der Waals surface area contributed by atoms with Crippen molar-refractivity contribution in [3.8, 4) is 0 Å². The Morgan fingerprint density at radius 3 is 2.71 bits per heavy atom. The zero-order chi connectivity index (χ0) is 12.7. The fourth-order valence-electron chi connectivity index (χ4n) is 1.44. The van der Waals surface area contributed by atoms with E-state index < -0.39 is 0 Å². The molecule has 1 aromatic rings. The number of hydrogen-bond acceptors (Lipinski definition) is 2. The first-order valence-corrected chi connectivity index (χ1v) is 7.24. The van der Waals surface area contributed by atoms with Crippen molar-refractivity contribution in [3.05, 3.63) is 29.6 Å². The van der Waals surface area contributed by atoms with Crippen LogP contribution in [-0.4, -0.2) is 12.3 Å². The quantitative estimate of drug-likeness (QED) is 0.582. The molecule has 0 aliphatic heterocycles. The molecule has 1 aromatic carbocycles. The SMILES string of the molecule is CCCNCc1ccc(SCC(C)C)c(F)c1. The van der Waals surface area contributed by atoms with E-state index in [1.165, 1.54) is 0 Å². The van der Waals surface area contributed by atoms with Crippen molar-refractivity contribution >= 4 is 11.8 Å². The van der Waals surface area contributed by atoms with E-state index in [0.717, 1.165) is 35.7 Å². The van der Waals surface area contributed by atoms with E-state index in [2.05, 4.69) is 26.1 Å². The molecule has 0 aliphatic carbocycles. The van der Waals surface area contributed by atoms with E-state index in [1.54, 1.807) is 17.8 Å². The summed E-state index contributed by atoms with van der Waals surface area (Å²) in [6.45, 7) is 8.15. The van der Waals surface area contributed by atoms with Crippen LogP contribution in [0.3, 0.4) is 0 Å². The Morgan fingerprint density at radius 1 is 1.35 bits per heavy atom. The van der Waals surface area contributed by atoms with Gasteiger partial charge in [-0.05, 0) is 36.6 Å². The average molecular weight is 255 g/mol. The molecule has 0 aromatic heterocycles. The molecule has 0 radical (unpaired) electrons. The Morgan fingerprint density at radius 2 is 2.12 bits per heavy atom. The lowest BCUT2D eigenvalue weighted by Crippen LogP contribution is -2.13. The van der Waals surface area contributed by atoms with Gasteiger partial charge in [0.05, 0.1) is 0 Å². The Hall–Kier alpha value is -0.540. The van der Waals surface area contributed by atoms with Gasteiger partial charge in [0.1, 0.15) is 5.82 Å². The van der Waals surface area contributed by atoms with E-state index in [-0.39, 0.29) is 5.82 Å². The van der Waals surface area contributed by atoms with Gasteiger partial charge in [-0.15, -0.1) is 11.8 Å². The van der Waals surface area contributed by atoms with E-state index in [0.29, 0.717) is 5.92 Å². The van der Waals surface area contributed by atoms with Crippen molar-refractivity contribution in [2.45, 2.75) is 38.6 Å². The van der Waals surface area contributed by atoms with E-state index in [1.807, 2.05) is 12.1 Å². The first-order chi connectivity index (χ1) is 8.13. The van der Waals surface area contributed by atoms with Crippen LogP contribution in [0.5, 0.6) is 0 Å². The van der Waals surface area contributed by atoms with E-state index in [9.17, 15) is 4.39 Å². The highest BCUT2D eigenvalue weighted by Crippen LogP contribution is 2.24. The van der Waals surface area contributed by atoms with Crippen LogP contribution < -0.4 is 5.32 Å². The predicted molar refractivity (Wildman–Crippen MR) is 74.0 cm³/mol. The molecule has 1 N–H and O–H groups in total. The van der Waals surface area contributed by atoms with Crippen molar-refractivity contribution in [2.24, 2.45) is 5.92 Å². The first-order valence-electron chi connectivity index (χ1n) is 6.25. The summed E-state index contributed by atoms with van der Waals surface area (Å²) < 4.78 is 13.8. The van der Waals surface area contributed by atoms with E-state index in [4.69, 9.17) is 0 Å². The average Bonchev–Trinajstić information content (AvgIpc) is 2.28. The van der Waals surface area contributed by atoms with Crippen LogP contribution in [0.25, 0.3) is 0 Å². The van der Waals surface area contributed by atoms with Crippen LogP contribution in [-0.2, 0) is 6.54 Å². The molecule has 0 bridgehead atoms. The third kappa shape index (κ3) is 5.55. The lowest BCUT2D eigenvalue weighted by molar-refractivity contribution is 0.594. The van der Waals surface area contributed by atoms with Crippen LogP contribution in [0.1, 0.15) is 32.8 Å². The van der Waals surface area contributed by atoms with Gasteiger partial charge in [-0.1, -0.05) is 26.8 Å². The topological polar surface area (TPSA) is 12.0 Å². The molecule has 17 heavy (non-hydrogen) atoms. The van der Waals surface area contributed by atoms with Gasteiger partial charge >= 0.3 is 0 Å². The molecule has 0 unspecified atom stereocenters. The third-order valence-electron chi connectivity index (χ3n) is 2.32. The number of thioether (sulfide) groups is 1. The van der Waals surface area contributed by atoms with Gasteiger partial charge in [0.25, 0.3) is 0 Å². The minimum absolute atomic E-state index is 0.0913. The number of benzene rings is 1. The summed E-state index contributed by atoms with van der Waals surface area (Å²) in [6, 6.07) is 5.55. The van der Waals surface area contributed by atoms with Gasteiger partial charge in [-0.3, -0.25) is 0 Å². The molecule has 0 amide bonds. The Bertz CT molecular complexity index is 339. The predicted octanol–water partition coefficient (Wildman–Crippen LogP) is 4.07. The van der Waals surface area contributed by atoms with Gasteiger partial charge in [-0.25, -0.2) is 4.39 Å². The van der Waals surface area contributed by atoms with Gasteiger partial charge in [-0.2, -0.15) is 0 Å². The molecule has 0 spiro atoms. The maximum atomic E-state index is 13.8. The van der Waals surface area contributed by atoms with Crippen LogP contribution in [0.4, 0.5) is 4.39 Å². The minimum atomic E-state index is -0.0913. The molecule has 96 valence electrons. The standard InChI is InChI=1S/C14H22FNS/c1-4-7-16-9-12-5-6-14(13(15)8-12)17-10-11(2)3/h5-6,8,11,16H,4,7,9-10H2,1-3H3. The second kappa shape index (κ2) is 7.72. The zero-order valence-electron chi connectivity index (χ0n) is 10.9. The Balaban J connectivity index is 2.53. The molecule has 0 saturated heterocycles. The van der Waals surface area contributed by atoms with Crippen LogP contribution in [0.2, 0.25) is 0 Å². The molecule has 3 heteroatoms.